The van der Waals surface area contributed by atoms with Crippen molar-refractivity contribution in [1.29, 1.82) is 0 Å². The van der Waals surface area contributed by atoms with Crippen LogP contribution in [0, 0.1) is 0 Å². The van der Waals surface area contributed by atoms with Gasteiger partial charge in [-0.05, 0) is 157 Å². The van der Waals surface area contributed by atoms with E-state index in [4.69, 9.17) is 0 Å². The van der Waals surface area contributed by atoms with Gasteiger partial charge in [-0.25, -0.2) is 0 Å². The van der Waals surface area contributed by atoms with Crippen LogP contribution in [0.3, 0.4) is 0 Å². The molecule has 0 aromatic heterocycles. The minimum Gasteiger partial charge on any atom is -0.0622 e. The van der Waals surface area contributed by atoms with Gasteiger partial charge in [-0.3, -0.25) is 0 Å². The zero-order valence-corrected chi connectivity index (χ0v) is 34.3. The van der Waals surface area contributed by atoms with Crippen LogP contribution in [0.4, 0.5) is 0 Å². The highest BCUT2D eigenvalue weighted by atomic mass is 14.4. The Labute approximate surface area is 357 Å². The van der Waals surface area contributed by atoms with Gasteiger partial charge in [0.05, 0.1) is 0 Å². The first kappa shape index (κ1) is 35.4. The molecule has 61 heavy (non-hydrogen) atoms. The zero-order valence-electron chi connectivity index (χ0n) is 34.3. The zero-order chi connectivity index (χ0) is 40.7. The van der Waals surface area contributed by atoms with E-state index >= 15 is 0 Å². The predicted octanol–water partition coefficient (Wildman–Crippen LogP) is 16.9. The number of fused-ring (bicyclic) bond motifs is 8. The van der Waals surface area contributed by atoms with E-state index in [2.05, 4.69) is 232 Å². The molecule has 0 nitrogen and oxygen atoms in total. The van der Waals surface area contributed by atoms with Crippen molar-refractivity contribution in [2.75, 3.05) is 0 Å². The maximum Gasteiger partial charge on any atom is 0.0159 e. The Bertz CT molecular complexity index is 3530. The Balaban J connectivity index is 1.15. The lowest BCUT2D eigenvalue weighted by Crippen LogP contribution is -2.14. The lowest BCUT2D eigenvalue weighted by Gasteiger charge is -2.22. The fourth-order valence-corrected chi connectivity index (χ4v) is 10.5. The fraction of sp³-hybridized carbons (Fsp3) is 0.0492. The number of hydrogen-bond acceptors (Lipinski definition) is 0. The van der Waals surface area contributed by atoms with Crippen LogP contribution >= 0.6 is 0 Å². The van der Waals surface area contributed by atoms with Gasteiger partial charge in [0.15, 0.2) is 0 Å². The SMILES string of the molecule is CC1(C)c2ccccc2-c2cc3ccc(-c4cc(-c5ccccc5)cc(-c5c6ccccc6c(-c6ccccc6-c6ccccc6)c6ccc7ccccc7c56)c4)cc3cc21. The third-order valence-corrected chi connectivity index (χ3v) is 13.4. The monoisotopic (exact) mass is 774 g/mol. The van der Waals surface area contributed by atoms with Crippen LogP contribution in [0.2, 0.25) is 0 Å². The largest absolute Gasteiger partial charge is 0.0622 e. The molecular weight excluding hydrogens is 733 g/mol. The summed E-state index contributed by atoms with van der Waals surface area (Å²) in [4.78, 5) is 0. The van der Waals surface area contributed by atoms with Crippen molar-refractivity contribution in [2.24, 2.45) is 0 Å². The third-order valence-electron chi connectivity index (χ3n) is 13.4. The van der Waals surface area contributed by atoms with Crippen LogP contribution < -0.4 is 0 Å². The number of hydrogen-bond donors (Lipinski definition) is 0. The molecule has 0 heterocycles. The van der Waals surface area contributed by atoms with Crippen LogP contribution in [0.15, 0.2) is 218 Å². The number of benzene rings is 11. The standard InChI is InChI=1S/C61H42/c1-61(2)56-28-16-15-24-50(56)55-37-43-30-29-42(33-46(43)38-57(55)61)45-34-44(39-17-5-3-6-18-39)35-47(36-45)58-52-26-13-14-27-53(52)59(54-32-31-41-21-9-10-23-49(41)60(54)58)51-25-12-11-22-48(51)40-19-7-4-8-20-40/h3-38H,1-2H3. The van der Waals surface area contributed by atoms with Crippen LogP contribution in [-0.4, -0.2) is 0 Å². The topological polar surface area (TPSA) is 0 Å². The van der Waals surface area contributed by atoms with E-state index in [1.807, 2.05) is 0 Å². The van der Waals surface area contributed by atoms with Crippen LogP contribution in [-0.2, 0) is 5.41 Å². The smallest absolute Gasteiger partial charge is 0.0159 e. The van der Waals surface area contributed by atoms with E-state index in [0.29, 0.717) is 0 Å². The molecule has 0 atom stereocenters. The highest BCUT2D eigenvalue weighted by Gasteiger charge is 2.35. The maximum atomic E-state index is 2.45. The van der Waals surface area contributed by atoms with Crippen molar-refractivity contribution in [1.82, 2.24) is 0 Å². The lowest BCUT2D eigenvalue weighted by molar-refractivity contribution is 0.661. The molecular formula is C61H42. The maximum absolute atomic E-state index is 2.45. The van der Waals surface area contributed by atoms with Gasteiger partial charge < -0.3 is 0 Å². The first-order valence-electron chi connectivity index (χ1n) is 21.4. The van der Waals surface area contributed by atoms with Crippen LogP contribution in [0.25, 0.3) is 110 Å². The Morgan fingerprint density at radius 1 is 0.262 bits per heavy atom. The molecule has 0 fully saturated rings. The van der Waals surface area contributed by atoms with Crippen molar-refractivity contribution >= 4 is 43.1 Å². The van der Waals surface area contributed by atoms with E-state index in [1.54, 1.807) is 0 Å². The Hall–Kier alpha value is -7.54. The van der Waals surface area contributed by atoms with Gasteiger partial charge in [0.25, 0.3) is 0 Å². The molecule has 11 aromatic rings. The Morgan fingerprint density at radius 2 is 0.836 bits per heavy atom. The summed E-state index contributed by atoms with van der Waals surface area (Å²) in [5.41, 5.74) is 17.7. The van der Waals surface area contributed by atoms with Crippen LogP contribution in [0.5, 0.6) is 0 Å². The third kappa shape index (κ3) is 5.60. The van der Waals surface area contributed by atoms with E-state index in [0.717, 1.165) is 0 Å². The van der Waals surface area contributed by atoms with Gasteiger partial charge in [-0.15, -0.1) is 0 Å². The molecule has 0 heteroatoms. The minimum absolute atomic E-state index is 0.0603. The second kappa shape index (κ2) is 13.8. The normalized spacial score (nSPS) is 12.9. The summed E-state index contributed by atoms with van der Waals surface area (Å²) in [6.45, 7) is 4.74. The fourth-order valence-electron chi connectivity index (χ4n) is 10.5. The quantitative estimate of drug-likeness (QED) is 0.121. The average Bonchev–Trinajstić information content (AvgIpc) is 3.54. The molecule has 0 saturated heterocycles. The first-order valence-corrected chi connectivity index (χ1v) is 21.4. The summed E-state index contributed by atoms with van der Waals surface area (Å²) in [5.74, 6) is 0. The predicted molar refractivity (Wildman–Crippen MR) is 261 cm³/mol. The Kier molecular flexibility index (Phi) is 7.99. The molecule has 0 bridgehead atoms. The summed E-state index contributed by atoms with van der Waals surface area (Å²) in [6, 6.07) is 81.4. The van der Waals surface area contributed by atoms with Gasteiger partial charge in [-0.2, -0.15) is 0 Å². The summed E-state index contributed by atoms with van der Waals surface area (Å²) in [7, 11) is 0. The molecule has 286 valence electrons. The molecule has 1 aliphatic rings. The van der Waals surface area contributed by atoms with E-state index in [9.17, 15) is 0 Å². The lowest BCUT2D eigenvalue weighted by atomic mass is 9.81. The summed E-state index contributed by atoms with van der Waals surface area (Å²) < 4.78 is 0. The van der Waals surface area contributed by atoms with Crippen molar-refractivity contribution in [3.63, 3.8) is 0 Å². The van der Waals surface area contributed by atoms with Crippen molar-refractivity contribution in [3.8, 4) is 66.8 Å². The van der Waals surface area contributed by atoms with E-state index in [-0.39, 0.29) is 5.41 Å². The second-order valence-electron chi connectivity index (χ2n) is 17.2. The summed E-state index contributed by atoms with van der Waals surface area (Å²) >= 11 is 0. The molecule has 0 spiro atoms. The average molecular weight is 775 g/mol. The van der Waals surface area contributed by atoms with Gasteiger partial charge in [0.2, 0.25) is 0 Å². The van der Waals surface area contributed by atoms with E-state index < -0.39 is 0 Å². The van der Waals surface area contributed by atoms with Gasteiger partial charge in [-0.1, -0.05) is 196 Å². The number of rotatable bonds is 5. The molecule has 1 aliphatic carbocycles. The molecule has 0 saturated carbocycles. The molecule has 12 rings (SSSR count). The summed E-state index contributed by atoms with van der Waals surface area (Å²) in [5, 5.41) is 10.1. The molecule has 0 aliphatic heterocycles. The van der Waals surface area contributed by atoms with Crippen molar-refractivity contribution in [3.05, 3.63) is 230 Å². The van der Waals surface area contributed by atoms with Gasteiger partial charge >= 0.3 is 0 Å². The molecule has 0 N–H and O–H groups in total. The minimum atomic E-state index is -0.0603. The first-order chi connectivity index (χ1) is 30.0. The van der Waals surface area contributed by atoms with Crippen molar-refractivity contribution < 1.29 is 0 Å². The van der Waals surface area contributed by atoms with Crippen LogP contribution in [0.1, 0.15) is 25.0 Å². The van der Waals surface area contributed by atoms with Gasteiger partial charge in [0.1, 0.15) is 0 Å². The summed E-state index contributed by atoms with van der Waals surface area (Å²) in [6.07, 6.45) is 0. The van der Waals surface area contributed by atoms with Crippen molar-refractivity contribution in [2.45, 2.75) is 19.3 Å². The molecule has 0 amide bonds. The molecule has 0 radical (unpaired) electrons. The molecule has 11 aromatic carbocycles. The highest BCUT2D eigenvalue weighted by Crippen LogP contribution is 2.51. The highest BCUT2D eigenvalue weighted by molar-refractivity contribution is 6.28. The van der Waals surface area contributed by atoms with Gasteiger partial charge in [0, 0.05) is 5.41 Å². The Morgan fingerprint density at radius 3 is 1.61 bits per heavy atom. The van der Waals surface area contributed by atoms with E-state index in [1.165, 1.54) is 121 Å². The second-order valence-corrected chi connectivity index (χ2v) is 17.2. The molecule has 0 unspecified atom stereocenters.